The van der Waals surface area contributed by atoms with Gasteiger partial charge in [-0.05, 0) is 78.1 Å². The maximum atomic E-state index is 5.66. The van der Waals surface area contributed by atoms with E-state index in [4.69, 9.17) is 23.2 Å². The number of thiophene rings is 1. The first-order chi connectivity index (χ1) is 14.1. The van der Waals surface area contributed by atoms with Crippen LogP contribution in [0.1, 0.15) is 52.5 Å². The van der Waals surface area contributed by atoms with E-state index in [1.54, 1.807) is 6.08 Å². The summed E-state index contributed by atoms with van der Waals surface area (Å²) in [6.07, 6.45) is 5.59. The number of aryl methyl sites for hydroxylation is 1. The summed E-state index contributed by atoms with van der Waals surface area (Å²) < 4.78 is 1.54. The molecule has 0 aliphatic carbocycles. The summed E-state index contributed by atoms with van der Waals surface area (Å²) in [5, 5.41) is 3.58. The molecule has 0 spiro atoms. The number of rotatable bonds is 4. The Labute approximate surface area is 201 Å². The zero-order chi connectivity index (χ0) is 24.3. The largest absolute Gasteiger partial charge is 0.384 e. The number of hydrogen-bond acceptors (Lipinski definition) is 3. The first-order valence-corrected chi connectivity index (χ1v) is 11.8. The van der Waals surface area contributed by atoms with Crippen molar-refractivity contribution in [3.63, 3.8) is 0 Å². The summed E-state index contributed by atoms with van der Waals surface area (Å²) in [6, 6.07) is 1.86. The highest BCUT2D eigenvalue weighted by molar-refractivity contribution is 7.20. The van der Waals surface area contributed by atoms with E-state index >= 15 is 0 Å². The van der Waals surface area contributed by atoms with Crippen LogP contribution in [0.2, 0.25) is 8.67 Å². The molecule has 1 unspecified atom stereocenters. The van der Waals surface area contributed by atoms with Gasteiger partial charge in [-0.3, -0.25) is 0 Å². The smallest absolute Gasteiger partial charge is 0.0973 e. The van der Waals surface area contributed by atoms with Gasteiger partial charge in [0.05, 0.1) is 8.67 Å². The number of piperidine rings is 1. The van der Waals surface area contributed by atoms with Crippen LogP contribution >= 0.6 is 34.5 Å². The molecule has 1 N–H and O–H groups in total. The molecule has 2 atom stereocenters. The van der Waals surface area contributed by atoms with E-state index in [2.05, 4.69) is 77.5 Å². The molecular formula is C25H44Cl2N2S. The van der Waals surface area contributed by atoms with Crippen LogP contribution in [0.5, 0.6) is 0 Å². The second-order valence-electron chi connectivity index (χ2n) is 7.19. The van der Waals surface area contributed by atoms with Crippen LogP contribution in [0.4, 0.5) is 0 Å². The quantitative estimate of drug-likeness (QED) is 0.438. The summed E-state index contributed by atoms with van der Waals surface area (Å²) in [5.41, 5.74) is 2.37. The Morgan fingerprint density at radius 2 is 1.83 bits per heavy atom. The predicted molar refractivity (Wildman–Crippen MR) is 144 cm³/mol. The van der Waals surface area contributed by atoms with Crippen LogP contribution in [0, 0.1) is 12.8 Å². The second kappa shape index (κ2) is 19.9. The van der Waals surface area contributed by atoms with Gasteiger partial charge in [-0.25, -0.2) is 0 Å². The molecule has 30 heavy (non-hydrogen) atoms. The van der Waals surface area contributed by atoms with E-state index in [1.165, 1.54) is 43.7 Å². The Bertz CT molecular complexity index is 564. The van der Waals surface area contributed by atoms with Gasteiger partial charge in [0.15, 0.2) is 0 Å². The molecule has 1 aliphatic heterocycles. The fourth-order valence-corrected chi connectivity index (χ4v) is 4.52. The highest BCUT2D eigenvalue weighted by Gasteiger charge is 2.34. The topological polar surface area (TPSA) is 15.3 Å². The zero-order valence-corrected chi connectivity index (χ0v) is 22.4. The standard InChI is InChI=1S/C13H26N2.C5H4Cl2S.C3H6.2C2H4/c1-6-13(4,14-11(2)3)12-8-7-9-15(5)10-12;1-3-2-4(6)8-5(3)7;1-3-2;2*1-2/h12,14H,2,6-10H2,1,3-5H3;2H,1H3;3H,1H2,2H3;2*1-2H2/t12?,13-;;;;/m0..../s1. The third-order valence-electron chi connectivity index (χ3n) is 4.59. The Morgan fingerprint density at radius 3 is 2.10 bits per heavy atom. The van der Waals surface area contributed by atoms with Crippen molar-refractivity contribution in [3.8, 4) is 0 Å². The Morgan fingerprint density at radius 1 is 1.33 bits per heavy atom. The first kappa shape index (κ1) is 33.6. The molecule has 1 aromatic rings. The van der Waals surface area contributed by atoms with E-state index in [-0.39, 0.29) is 5.54 Å². The molecular weight excluding hydrogens is 431 g/mol. The summed E-state index contributed by atoms with van der Waals surface area (Å²) in [7, 11) is 2.23. The highest BCUT2D eigenvalue weighted by atomic mass is 35.5. The average molecular weight is 476 g/mol. The number of nitrogens with zero attached hydrogens (tertiary/aromatic N) is 1. The average Bonchev–Trinajstić information content (AvgIpc) is 3.00. The molecule has 174 valence electrons. The molecule has 2 nitrogen and oxygen atoms in total. The van der Waals surface area contributed by atoms with Crippen LogP contribution in [0.3, 0.4) is 0 Å². The minimum absolute atomic E-state index is 0.223. The van der Waals surface area contributed by atoms with Gasteiger partial charge in [0.1, 0.15) is 0 Å². The van der Waals surface area contributed by atoms with E-state index in [0.29, 0.717) is 0 Å². The fourth-order valence-electron chi connectivity index (χ4n) is 3.08. The molecule has 2 heterocycles. The molecule has 1 aromatic heterocycles. The molecule has 0 radical (unpaired) electrons. The van der Waals surface area contributed by atoms with Gasteiger partial charge in [0, 0.05) is 17.8 Å². The number of nitrogens with one attached hydrogen (secondary N) is 1. The van der Waals surface area contributed by atoms with Crippen molar-refractivity contribution in [2.45, 2.75) is 59.4 Å². The number of allylic oxidation sites excluding steroid dienone is 2. The molecule has 0 bridgehead atoms. The number of likely N-dealkylation sites (tertiary alicyclic amines) is 1. The molecule has 1 aliphatic rings. The fraction of sp³-hybridized carbons (Fsp3) is 0.520. The zero-order valence-electron chi connectivity index (χ0n) is 20.1. The van der Waals surface area contributed by atoms with Crippen molar-refractivity contribution in [2.75, 3.05) is 20.1 Å². The van der Waals surface area contributed by atoms with Crippen molar-refractivity contribution >= 4 is 34.5 Å². The van der Waals surface area contributed by atoms with E-state index in [1.807, 2.05) is 19.9 Å². The van der Waals surface area contributed by atoms with E-state index in [9.17, 15) is 0 Å². The van der Waals surface area contributed by atoms with Crippen LogP contribution in [0.15, 0.2) is 57.3 Å². The Kier molecular flexibility index (Phi) is 22.3. The van der Waals surface area contributed by atoms with Gasteiger partial charge in [0.2, 0.25) is 0 Å². The van der Waals surface area contributed by atoms with Crippen LogP contribution in [0.25, 0.3) is 0 Å². The number of hydrogen-bond donors (Lipinski definition) is 1. The lowest BCUT2D eigenvalue weighted by Gasteiger charge is -2.43. The highest BCUT2D eigenvalue weighted by Crippen LogP contribution is 2.30. The lowest BCUT2D eigenvalue weighted by molar-refractivity contribution is 0.124. The number of halogens is 2. The lowest BCUT2D eigenvalue weighted by atomic mass is 9.78. The van der Waals surface area contributed by atoms with Crippen molar-refractivity contribution in [1.29, 1.82) is 0 Å². The van der Waals surface area contributed by atoms with Gasteiger partial charge < -0.3 is 10.2 Å². The Hall–Kier alpha value is -1.000. The van der Waals surface area contributed by atoms with E-state index < -0.39 is 0 Å². The Balaban J connectivity index is -0.000000407. The molecule has 1 saturated heterocycles. The monoisotopic (exact) mass is 474 g/mol. The van der Waals surface area contributed by atoms with Crippen molar-refractivity contribution in [2.24, 2.45) is 5.92 Å². The van der Waals surface area contributed by atoms with Crippen molar-refractivity contribution in [3.05, 3.63) is 71.5 Å². The molecule has 0 amide bonds. The van der Waals surface area contributed by atoms with Gasteiger partial charge >= 0.3 is 0 Å². The predicted octanol–water partition coefficient (Wildman–Crippen LogP) is 8.78. The van der Waals surface area contributed by atoms with Crippen LogP contribution < -0.4 is 5.32 Å². The van der Waals surface area contributed by atoms with E-state index in [0.717, 1.165) is 25.9 Å². The molecule has 5 heteroatoms. The normalized spacial score (nSPS) is 16.9. The molecule has 1 fully saturated rings. The molecule has 2 rings (SSSR count). The van der Waals surface area contributed by atoms with Gasteiger partial charge in [-0.15, -0.1) is 44.2 Å². The molecule has 0 saturated carbocycles. The summed E-state index contributed by atoms with van der Waals surface area (Å²) in [6.45, 7) is 32.3. The van der Waals surface area contributed by atoms with Gasteiger partial charge in [-0.1, -0.05) is 42.8 Å². The van der Waals surface area contributed by atoms with Gasteiger partial charge in [-0.2, -0.15) is 0 Å². The third-order valence-corrected chi connectivity index (χ3v) is 6.27. The maximum Gasteiger partial charge on any atom is 0.0973 e. The van der Waals surface area contributed by atoms with Gasteiger partial charge in [0.25, 0.3) is 0 Å². The van der Waals surface area contributed by atoms with Crippen LogP contribution in [-0.4, -0.2) is 30.6 Å². The lowest BCUT2D eigenvalue weighted by Crippen LogP contribution is -2.52. The van der Waals surface area contributed by atoms with Crippen molar-refractivity contribution < 1.29 is 0 Å². The summed E-state index contributed by atoms with van der Waals surface area (Å²) >= 11 is 12.7. The minimum atomic E-state index is 0.223. The maximum absolute atomic E-state index is 5.66. The molecule has 0 aromatic carbocycles. The first-order valence-electron chi connectivity index (χ1n) is 10.2. The SMILES string of the molecule is C=C.C=C.C=C(C)N[C@@](C)(CC)C1CCCN(C)C1.C=CC.Cc1cc(Cl)sc1Cl. The third kappa shape index (κ3) is 14.9. The van der Waals surface area contributed by atoms with Crippen molar-refractivity contribution in [1.82, 2.24) is 10.2 Å². The minimum Gasteiger partial charge on any atom is -0.384 e. The summed E-state index contributed by atoms with van der Waals surface area (Å²) in [4.78, 5) is 2.45. The van der Waals surface area contributed by atoms with Crippen LogP contribution in [-0.2, 0) is 0 Å². The summed E-state index contributed by atoms with van der Waals surface area (Å²) in [5.74, 6) is 0.748. The second-order valence-corrected chi connectivity index (χ2v) is 9.48.